The van der Waals surface area contributed by atoms with Gasteiger partial charge < -0.3 is 5.32 Å². The molecule has 1 aliphatic heterocycles. The van der Waals surface area contributed by atoms with Gasteiger partial charge in [0.2, 0.25) is 0 Å². The summed E-state index contributed by atoms with van der Waals surface area (Å²) in [4.78, 5) is 0. The maximum absolute atomic E-state index is 13.2. The Hall–Kier alpha value is 0.1000. The van der Waals surface area contributed by atoms with Crippen molar-refractivity contribution in [3.05, 3.63) is 34.6 Å². The second kappa shape index (κ2) is 8.52. The second-order valence-corrected chi connectivity index (χ2v) is 7.90. The van der Waals surface area contributed by atoms with Crippen LogP contribution in [0.15, 0.2) is 18.2 Å². The monoisotopic (exact) mass is 333 g/mol. The number of hydrogen-bond acceptors (Lipinski definition) is 3. The van der Waals surface area contributed by atoms with Crippen molar-refractivity contribution < 1.29 is 4.39 Å². The number of hydrogen-bond donors (Lipinski definition) is 1. The molecular weight excluding hydrogens is 313 g/mol. The molecule has 0 aromatic heterocycles. The molecule has 0 aliphatic carbocycles. The molecule has 1 aliphatic rings. The molecule has 0 saturated carbocycles. The lowest BCUT2D eigenvalue weighted by molar-refractivity contribution is 0.505. The van der Waals surface area contributed by atoms with Gasteiger partial charge in [0.15, 0.2) is 0 Å². The van der Waals surface area contributed by atoms with Crippen LogP contribution in [-0.4, -0.2) is 35.1 Å². The molecule has 5 heteroatoms. The Morgan fingerprint density at radius 3 is 2.95 bits per heavy atom. The summed E-state index contributed by atoms with van der Waals surface area (Å²) < 4.78 is 13.2. The second-order valence-electron chi connectivity index (χ2n) is 5.00. The lowest BCUT2D eigenvalue weighted by atomic mass is 10.0. The fourth-order valence-corrected chi connectivity index (χ4v) is 5.42. The fraction of sp³-hybridized carbons (Fsp3) is 0.600. The number of benzene rings is 1. The van der Waals surface area contributed by atoms with Crippen molar-refractivity contribution in [1.29, 1.82) is 0 Å². The van der Waals surface area contributed by atoms with Crippen LogP contribution in [0.25, 0.3) is 0 Å². The largest absolute Gasteiger partial charge is 0.313 e. The third-order valence-corrected chi connectivity index (χ3v) is 6.60. The standard InChI is InChI=1S/C15H21ClFNS2/c1-2-5-18-14(15-10-19-6-7-20-15)9-11-3-4-13(17)12(16)8-11/h3-4,8,14-15,18H,2,5-7,9-10H2,1H3. The zero-order chi connectivity index (χ0) is 14.4. The lowest BCUT2D eigenvalue weighted by Gasteiger charge is -2.30. The Morgan fingerprint density at radius 1 is 1.45 bits per heavy atom. The third-order valence-electron chi connectivity index (χ3n) is 3.39. The van der Waals surface area contributed by atoms with Crippen molar-refractivity contribution in [2.24, 2.45) is 0 Å². The van der Waals surface area contributed by atoms with Gasteiger partial charge in [0.1, 0.15) is 5.82 Å². The molecule has 1 aromatic rings. The summed E-state index contributed by atoms with van der Waals surface area (Å²) in [7, 11) is 0. The molecule has 0 bridgehead atoms. The van der Waals surface area contributed by atoms with Gasteiger partial charge in [-0.25, -0.2) is 4.39 Å². The average Bonchev–Trinajstić information content (AvgIpc) is 2.48. The summed E-state index contributed by atoms with van der Waals surface area (Å²) in [5.74, 6) is 3.34. The molecule has 1 nitrogen and oxygen atoms in total. The van der Waals surface area contributed by atoms with Crippen molar-refractivity contribution in [2.75, 3.05) is 23.8 Å². The van der Waals surface area contributed by atoms with Gasteiger partial charge >= 0.3 is 0 Å². The van der Waals surface area contributed by atoms with Crippen LogP contribution in [0.5, 0.6) is 0 Å². The minimum absolute atomic E-state index is 0.224. The van der Waals surface area contributed by atoms with E-state index in [1.54, 1.807) is 6.07 Å². The highest BCUT2D eigenvalue weighted by Gasteiger charge is 2.24. The Morgan fingerprint density at radius 2 is 2.30 bits per heavy atom. The van der Waals surface area contributed by atoms with E-state index in [-0.39, 0.29) is 10.8 Å². The SMILES string of the molecule is CCCNC(Cc1ccc(F)c(Cl)c1)C1CSCCS1. The number of halogens is 2. The van der Waals surface area contributed by atoms with Gasteiger partial charge in [-0.05, 0) is 37.1 Å². The zero-order valence-electron chi connectivity index (χ0n) is 11.7. The predicted octanol–water partition coefficient (Wildman–Crippen LogP) is 4.24. The first-order valence-electron chi connectivity index (χ1n) is 7.07. The van der Waals surface area contributed by atoms with Gasteiger partial charge in [-0.3, -0.25) is 0 Å². The van der Waals surface area contributed by atoms with Gasteiger partial charge in [0.05, 0.1) is 5.02 Å². The molecule has 1 aromatic carbocycles. The smallest absolute Gasteiger partial charge is 0.141 e. The molecule has 1 fully saturated rings. The summed E-state index contributed by atoms with van der Waals surface area (Å²) >= 11 is 9.97. The molecule has 2 unspecified atom stereocenters. The highest BCUT2D eigenvalue weighted by Crippen LogP contribution is 2.28. The quantitative estimate of drug-likeness (QED) is 0.836. The van der Waals surface area contributed by atoms with Crippen LogP contribution in [-0.2, 0) is 6.42 Å². The molecule has 1 saturated heterocycles. The Kier molecular flexibility index (Phi) is 7.02. The van der Waals surface area contributed by atoms with Crippen LogP contribution in [0, 0.1) is 5.82 Å². The molecular formula is C15H21ClFNS2. The van der Waals surface area contributed by atoms with Crippen molar-refractivity contribution in [3.8, 4) is 0 Å². The predicted molar refractivity (Wildman–Crippen MR) is 90.8 cm³/mol. The molecule has 2 atom stereocenters. The van der Waals surface area contributed by atoms with Gasteiger partial charge in [0.25, 0.3) is 0 Å². The summed E-state index contributed by atoms with van der Waals surface area (Å²) in [6, 6.07) is 5.52. The topological polar surface area (TPSA) is 12.0 Å². The Labute approximate surface area is 134 Å². The molecule has 0 spiro atoms. The number of rotatable bonds is 6. The van der Waals surface area contributed by atoms with Crippen molar-refractivity contribution in [1.82, 2.24) is 5.32 Å². The molecule has 20 heavy (non-hydrogen) atoms. The van der Waals surface area contributed by atoms with E-state index in [4.69, 9.17) is 11.6 Å². The van der Waals surface area contributed by atoms with E-state index < -0.39 is 0 Å². The summed E-state index contributed by atoms with van der Waals surface area (Å²) in [5.41, 5.74) is 1.11. The minimum atomic E-state index is -0.337. The van der Waals surface area contributed by atoms with E-state index in [0.29, 0.717) is 11.3 Å². The molecule has 0 amide bonds. The molecule has 1 N–H and O–H groups in total. The van der Waals surface area contributed by atoms with E-state index >= 15 is 0 Å². The summed E-state index contributed by atoms with van der Waals surface area (Å²) in [5, 5.41) is 4.50. The number of thioether (sulfide) groups is 2. The van der Waals surface area contributed by atoms with Crippen molar-refractivity contribution in [3.63, 3.8) is 0 Å². The van der Waals surface area contributed by atoms with Crippen LogP contribution in [0.4, 0.5) is 4.39 Å². The Balaban J connectivity index is 2.03. The molecule has 112 valence electrons. The molecule has 2 rings (SSSR count). The lowest BCUT2D eigenvalue weighted by Crippen LogP contribution is -2.43. The van der Waals surface area contributed by atoms with Crippen LogP contribution >= 0.6 is 35.1 Å². The van der Waals surface area contributed by atoms with E-state index in [1.165, 1.54) is 23.3 Å². The van der Waals surface area contributed by atoms with E-state index in [9.17, 15) is 4.39 Å². The molecule has 1 heterocycles. The molecule has 0 radical (unpaired) electrons. The van der Waals surface area contributed by atoms with Crippen LogP contribution in [0.3, 0.4) is 0 Å². The van der Waals surface area contributed by atoms with Crippen LogP contribution in [0.2, 0.25) is 5.02 Å². The summed E-state index contributed by atoms with van der Waals surface area (Å²) in [6.07, 6.45) is 2.05. The highest BCUT2D eigenvalue weighted by molar-refractivity contribution is 8.06. The number of nitrogens with one attached hydrogen (secondary N) is 1. The van der Waals surface area contributed by atoms with Crippen LogP contribution in [0.1, 0.15) is 18.9 Å². The zero-order valence-corrected chi connectivity index (χ0v) is 14.1. The first-order chi connectivity index (χ1) is 9.70. The van der Waals surface area contributed by atoms with Crippen molar-refractivity contribution >= 4 is 35.1 Å². The van der Waals surface area contributed by atoms with Gasteiger partial charge in [-0.2, -0.15) is 23.5 Å². The van der Waals surface area contributed by atoms with Gasteiger partial charge in [-0.1, -0.05) is 24.6 Å². The fourth-order valence-electron chi connectivity index (χ4n) is 2.32. The van der Waals surface area contributed by atoms with Crippen molar-refractivity contribution in [2.45, 2.75) is 31.1 Å². The van der Waals surface area contributed by atoms with E-state index in [2.05, 4.69) is 24.0 Å². The van der Waals surface area contributed by atoms with E-state index in [1.807, 2.05) is 17.8 Å². The average molecular weight is 334 g/mol. The van der Waals surface area contributed by atoms with Crippen LogP contribution < -0.4 is 5.32 Å². The highest BCUT2D eigenvalue weighted by atomic mass is 35.5. The summed E-state index contributed by atoms with van der Waals surface area (Å²) in [6.45, 7) is 3.21. The van der Waals surface area contributed by atoms with Gasteiger partial charge in [-0.15, -0.1) is 0 Å². The maximum atomic E-state index is 13.2. The van der Waals surface area contributed by atoms with E-state index in [0.717, 1.165) is 24.9 Å². The van der Waals surface area contributed by atoms with Gasteiger partial charge in [0, 0.05) is 28.6 Å². The first kappa shape index (κ1) is 16.5. The first-order valence-corrected chi connectivity index (χ1v) is 9.65. The Bertz CT molecular complexity index is 424. The minimum Gasteiger partial charge on any atom is -0.313 e. The maximum Gasteiger partial charge on any atom is 0.141 e. The third kappa shape index (κ3) is 4.83. The normalized spacial score (nSPS) is 20.9.